The normalized spacial score (nSPS) is 12.0. The summed E-state index contributed by atoms with van der Waals surface area (Å²) in [5, 5.41) is 14.3. The van der Waals surface area contributed by atoms with E-state index in [-0.39, 0.29) is 24.5 Å². The number of carbonyl (C=O) groups is 1. The molecule has 0 aliphatic heterocycles. The van der Waals surface area contributed by atoms with Gasteiger partial charge in [0.25, 0.3) is 0 Å². The highest BCUT2D eigenvalue weighted by Crippen LogP contribution is 2.10. The van der Waals surface area contributed by atoms with Crippen LogP contribution in [0.3, 0.4) is 0 Å². The number of amides is 2. The molecule has 0 heterocycles. The molecule has 0 fully saturated rings. The second-order valence-corrected chi connectivity index (χ2v) is 4.51. The molecule has 19 heavy (non-hydrogen) atoms. The standard InChI is InChI=1S/C14H21FN2O2/c1-3-13(9-18)17-14(19)16-7-6-11-4-5-12(15)8-10(11)2/h4-5,8,13,18H,3,6-7,9H2,1-2H3,(H2,16,17,19). The third-order valence-corrected chi connectivity index (χ3v) is 3.03. The molecule has 1 atom stereocenters. The third kappa shape index (κ3) is 5.26. The summed E-state index contributed by atoms with van der Waals surface area (Å²) in [6, 6.07) is 4.12. The van der Waals surface area contributed by atoms with Gasteiger partial charge in [-0.3, -0.25) is 0 Å². The van der Waals surface area contributed by atoms with Gasteiger partial charge in [0.15, 0.2) is 0 Å². The minimum Gasteiger partial charge on any atom is -0.394 e. The first-order valence-electron chi connectivity index (χ1n) is 6.47. The van der Waals surface area contributed by atoms with Gasteiger partial charge in [-0.15, -0.1) is 0 Å². The maximum atomic E-state index is 12.9. The van der Waals surface area contributed by atoms with Gasteiger partial charge < -0.3 is 15.7 Å². The topological polar surface area (TPSA) is 61.4 Å². The Kier molecular flexibility index (Phi) is 6.29. The van der Waals surface area contributed by atoms with E-state index in [1.54, 1.807) is 6.07 Å². The summed E-state index contributed by atoms with van der Waals surface area (Å²) in [5.74, 6) is -0.249. The fourth-order valence-corrected chi connectivity index (χ4v) is 1.76. The van der Waals surface area contributed by atoms with Crippen LogP contribution in [0.2, 0.25) is 0 Å². The zero-order chi connectivity index (χ0) is 14.3. The SMILES string of the molecule is CCC(CO)NC(=O)NCCc1ccc(F)cc1C. The Morgan fingerprint density at radius 3 is 2.79 bits per heavy atom. The van der Waals surface area contributed by atoms with Crippen LogP contribution in [0.4, 0.5) is 9.18 Å². The van der Waals surface area contributed by atoms with E-state index in [1.165, 1.54) is 12.1 Å². The average Bonchev–Trinajstić information content (AvgIpc) is 2.38. The van der Waals surface area contributed by atoms with E-state index < -0.39 is 0 Å². The zero-order valence-electron chi connectivity index (χ0n) is 11.4. The smallest absolute Gasteiger partial charge is 0.315 e. The predicted molar refractivity (Wildman–Crippen MR) is 72.5 cm³/mol. The van der Waals surface area contributed by atoms with Gasteiger partial charge in [0.2, 0.25) is 0 Å². The number of rotatable bonds is 6. The molecule has 0 saturated heterocycles. The number of aryl methyl sites for hydroxylation is 1. The fourth-order valence-electron chi connectivity index (χ4n) is 1.76. The molecule has 3 N–H and O–H groups in total. The number of hydrogen-bond donors (Lipinski definition) is 3. The lowest BCUT2D eigenvalue weighted by molar-refractivity contribution is 0.214. The maximum absolute atomic E-state index is 12.9. The Morgan fingerprint density at radius 1 is 1.47 bits per heavy atom. The molecule has 0 saturated carbocycles. The zero-order valence-corrected chi connectivity index (χ0v) is 11.4. The Labute approximate surface area is 113 Å². The summed E-state index contributed by atoms with van der Waals surface area (Å²) < 4.78 is 12.9. The highest BCUT2D eigenvalue weighted by atomic mass is 19.1. The van der Waals surface area contributed by atoms with Crippen LogP contribution in [0.15, 0.2) is 18.2 Å². The minimum atomic E-state index is -0.291. The van der Waals surface area contributed by atoms with Gasteiger partial charge in [-0.25, -0.2) is 9.18 Å². The number of benzene rings is 1. The van der Waals surface area contributed by atoms with E-state index in [1.807, 2.05) is 13.8 Å². The summed E-state index contributed by atoms with van der Waals surface area (Å²) in [7, 11) is 0. The van der Waals surface area contributed by atoms with Crippen LogP contribution in [-0.4, -0.2) is 30.3 Å². The number of nitrogens with one attached hydrogen (secondary N) is 2. The molecule has 106 valence electrons. The second-order valence-electron chi connectivity index (χ2n) is 4.51. The van der Waals surface area contributed by atoms with Gasteiger partial charge in [0, 0.05) is 6.54 Å². The van der Waals surface area contributed by atoms with Gasteiger partial charge in [-0.2, -0.15) is 0 Å². The van der Waals surface area contributed by atoms with Gasteiger partial charge >= 0.3 is 6.03 Å². The van der Waals surface area contributed by atoms with Crippen LogP contribution in [0.25, 0.3) is 0 Å². The van der Waals surface area contributed by atoms with Crippen molar-refractivity contribution in [2.45, 2.75) is 32.7 Å². The largest absolute Gasteiger partial charge is 0.394 e. The van der Waals surface area contributed by atoms with Crippen molar-refractivity contribution in [1.29, 1.82) is 0 Å². The number of urea groups is 1. The monoisotopic (exact) mass is 268 g/mol. The van der Waals surface area contributed by atoms with E-state index in [4.69, 9.17) is 5.11 Å². The van der Waals surface area contributed by atoms with Crippen molar-refractivity contribution in [2.24, 2.45) is 0 Å². The van der Waals surface area contributed by atoms with E-state index in [9.17, 15) is 9.18 Å². The summed E-state index contributed by atoms with van der Waals surface area (Å²) in [5.41, 5.74) is 1.89. The molecule has 1 aromatic rings. The molecule has 4 nitrogen and oxygen atoms in total. The van der Waals surface area contributed by atoms with Crippen molar-refractivity contribution in [3.63, 3.8) is 0 Å². The third-order valence-electron chi connectivity index (χ3n) is 3.03. The van der Waals surface area contributed by atoms with Crippen LogP contribution in [0.5, 0.6) is 0 Å². The summed E-state index contributed by atoms with van der Waals surface area (Å²) in [6.45, 7) is 4.14. The fraction of sp³-hybridized carbons (Fsp3) is 0.500. The van der Waals surface area contributed by atoms with Gasteiger partial charge in [-0.1, -0.05) is 13.0 Å². The molecule has 0 spiro atoms. The highest BCUT2D eigenvalue weighted by Gasteiger charge is 2.08. The van der Waals surface area contributed by atoms with Crippen LogP contribution in [0, 0.1) is 12.7 Å². The Hall–Kier alpha value is -1.62. The summed E-state index contributed by atoms with van der Waals surface area (Å²) in [4.78, 5) is 11.5. The van der Waals surface area contributed by atoms with Crippen molar-refractivity contribution in [3.05, 3.63) is 35.1 Å². The number of halogens is 1. The molecule has 1 rings (SSSR count). The lowest BCUT2D eigenvalue weighted by atomic mass is 10.1. The number of carbonyl (C=O) groups excluding carboxylic acids is 1. The van der Waals surface area contributed by atoms with Crippen molar-refractivity contribution in [1.82, 2.24) is 10.6 Å². The molecule has 0 aliphatic rings. The number of hydrogen-bond acceptors (Lipinski definition) is 2. The number of aliphatic hydroxyl groups excluding tert-OH is 1. The maximum Gasteiger partial charge on any atom is 0.315 e. The van der Waals surface area contributed by atoms with Crippen molar-refractivity contribution < 1.29 is 14.3 Å². The molecule has 1 unspecified atom stereocenters. The van der Waals surface area contributed by atoms with E-state index in [2.05, 4.69) is 10.6 Å². The highest BCUT2D eigenvalue weighted by molar-refractivity contribution is 5.74. The number of aliphatic hydroxyl groups is 1. The predicted octanol–water partition coefficient (Wildman–Crippen LogP) is 1.75. The molecular formula is C14H21FN2O2. The second kappa shape index (κ2) is 7.74. The molecule has 0 radical (unpaired) electrons. The van der Waals surface area contributed by atoms with Crippen molar-refractivity contribution in [2.75, 3.05) is 13.2 Å². The summed E-state index contributed by atoms with van der Waals surface area (Å²) >= 11 is 0. The quantitative estimate of drug-likeness (QED) is 0.736. The average molecular weight is 268 g/mol. The molecule has 2 amide bonds. The van der Waals surface area contributed by atoms with E-state index in [0.717, 1.165) is 11.1 Å². The van der Waals surface area contributed by atoms with Gasteiger partial charge in [0.1, 0.15) is 5.82 Å². The van der Waals surface area contributed by atoms with Gasteiger partial charge in [0.05, 0.1) is 12.6 Å². The molecule has 5 heteroatoms. The Bertz CT molecular complexity index is 420. The lowest BCUT2D eigenvalue weighted by Crippen LogP contribution is -2.44. The first kappa shape index (κ1) is 15.4. The summed E-state index contributed by atoms with van der Waals surface area (Å²) in [6.07, 6.45) is 1.33. The first-order chi connectivity index (χ1) is 9.06. The Morgan fingerprint density at radius 2 is 2.21 bits per heavy atom. The van der Waals surface area contributed by atoms with Gasteiger partial charge in [-0.05, 0) is 43.0 Å². The molecule has 1 aromatic carbocycles. The van der Waals surface area contributed by atoms with Crippen LogP contribution >= 0.6 is 0 Å². The molecule has 0 bridgehead atoms. The van der Waals surface area contributed by atoms with Crippen LogP contribution in [0.1, 0.15) is 24.5 Å². The van der Waals surface area contributed by atoms with Crippen LogP contribution in [-0.2, 0) is 6.42 Å². The molecular weight excluding hydrogens is 247 g/mol. The molecule has 0 aliphatic carbocycles. The first-order valence-corrected chi connectivity index (χ1v) is 6.47. The minimum absolute atomic E-state index is 0.0685. The van der Waals surface area contributed by atoms with E-state index >= 15 is 0 Å². The van der Waals surface area contributed by atoms with E-state index in [0.29, 0.717) is 19.4 Å². The lowest BCUT2D eigenvalue weighted by Gasteiger charge is -2.15. The van der Waals surface area contributed by atoms with Crippen LogP contribution < -0.4 is 10.6 Å². The Balaban J connectivity index is 2.35. The van der Waals surface area contributed by atoms with Crippen molar-refractivity contribution in [3.8, 4) is 0 Å². The molecule has 0 aromatic heterocycles. The van der Waals surface area contributed by atoms with Crippen molar-refractivity contribution >= 4 is 6.03 Å².